The van der Waals surface area contributed by atoms with Crippen molar-refractivity contribution >= 4 is 38.7 Å². The standard InChI is InChI=1S/C26H21N3O3S/c30-19-9-5-16(6-10-19)13-24(32)29-26-25(23-14-18-3-1-2-4-22(18)33-23)28-21(15-27-26)17-7-11-20(31)12-8-17/h1-12,14-15,27-28,30-31H,13H2,(H,29,32). The zero-order chi connectivity index (χ0) is 22.8. The number of fused-ring (bicyclic) bond motifs is 1. The maximum Gasteiger partial charge on any atom is 0.229 e. The van der Waals surface area contributed by atoms with E-state index in [2.05, 4.69) is 34.1 Å². The van der Waals surface area contributed by atoms with Crippen LogP contribution in [-0.2, 0) is 11.2 Å². The highest BCUT2D eigenvalue weighted by molar-refractivity contribution is 7.20. The van der Waals surface area contributed by atoms with Crippen molar-refractivity contribution in [1.29, 1.82) is 0 Å². The number of carbonyl (C=O) groups excluding carboxylic acids is 1. The number of carbonyl (C=O) groups is 1. The van der Waals surface area contributed by atoms with Gasteiger partial charge in [-0.2, -0.15) is 0 Å². The molecule has 0 unspecified atom stereocenters. The van der Waals surface area contributed by atoms with Crippen LogP contribution in [0.1, 0.15) is 16.0 Å². The molecule has 33 heavy (non-hydrogen) atoms. The van der Waals surface area contributed by atoms with Crippen molar-refractivity contribution in [1.82, 2.24) is 16.0 Å². The Hall–Kier alpha value is -4.23. The van der Waals surface area contributed by atoms with Gasteiger partial charge in [-0.25, -0.2) is 0 Å². The summed E-state index contributed by atoms with van der Waals surface area (Å²) in [4.78, 5) is 13.8. The van der Waals surface area contributed by atoms with Crippen molar-refractivity contribution in [2.45, 2.75) is 6.42 Å². The van der Waals surface area contributed by atoms with Crippen LogP contribution in [-0.4, -0.2) is 16.1 Å². The number of phenolic OH excluding ortho intramolecular Hbond substituents is 2. The quantitative estimate of drug-likeness (QED) is 0.306. The highest BCUT2D eigenvalue weighted by atomic mass is 32.1. The number of amides is 1. The lowest BCUT2D eigenvalue weighted by Crippen LogP contribution is -2.36. The number of nitrogens with one attached hydrogen (secondary N) is 3. The van der Waals surface area contributed by atoms with E-state index in [-0.39, 0.29) is 23.8 Å². The molecule has 7 heteroatoms. The van der Waals surface area contributed by atoms with Gasteiger partial charge in [-0.3, -0.25) is 4.79 Å². The molecule has 0 spiro atoms. The molecule has 0 saturated heterocycles. The topological polar surface area (TPSA) is 93.6 Å². The van der Waals surface area contributed by atoms with Crippen molar-refractivity contribution in [3.8, 4) is 11.5 Å². The first kappa shape index (κ1) is 20.7. The van der Waals surface area contributed by atoms with Crippen molar-refractivity contribution in [2.24, 2.45) is 0 Å². The number of hydrogen-bond donors (Lipinski definition) is 5. The van der Waals surface area contributed by atoms with Gasteiger partial charge in [0.15, 0.2) is 0 Å². The molecule has 0 atom stereocenters. The minimum absolute atomic E-state index is 0.166. The summed E-state index contributed by atoms with van der Waals surface area (Å²) in [7, 11) is 0. The fourth-order valence-corrected chi connectivity index (χ4v) is 4.69. The van der Waals surface area contributed by atoms with Crippen LogP contribution in [0, 0.1) is 0 Å². The third-order valence-electron chi connectivity index (χ3n) is 5.29. The van der Waals surface area contributed by atoms with Crippen molar-refractivity contribution in [2.75, 3.05) is 0 Å². The summed E-state index contributed by atoms with van der Waals surface area (Å²) < 4.78 is 1.15. The summed E-state index contributed by atoms with van der Waals surface area (Å²) >= 11 is 1.63. The van der Waals surface area contributed by atoms with E-state index in [4.69, 9.17) is 0 Å². The first-order chi connectivity index (χ1) is 16.0. The monoisotopic (exact) mass is 455 g/mol. The maximum absolute atomic E-state index is 12.8. The molecule has 5 N–H and O–H groups in total. The van der Waals surface area contributed by atoms with Gasteiger partial charge in [-0.05, 0) is 65.0 Å². The van der Waals surface area contributed by atoms with E-state index in [1.807, 2.05) is 24.3 Å². The predicted molar refractivity (Wildman–Crippen MR) is 131 cm³/mol. The average Bonchev–Trinajstić information content (AvgIpc) is 3.25. The van der Waals surface area contributed by atoms with Crippen LogP contribution >= 0.6 is 11.3 Å². The summed E-state index contributed by atoms with van der Waals surface area (Å²) in [6.07, 6.45) is 1.97. The van der Waals surface area contributed by atoms with Gasteiger partial charge in [-0.15, -0.1) is 11.3 Å². The highest BCUT2D eigenvalue weighted by Crippen LogP contribution is 2.32. The van der Waals surface area contributed by atoms with E-state index in [0.717, 1.165) is 37.5 Å². The molecule has 4 aromatic rings. The summed E-state index contributed by atoms with van der Waals surface area (Å²) in [6, 6.07) is 23.7. The van der Waals surface area contributed by atoms with Gasteiger partial charge in [0.2, 0.25) is 5.91 Å². The lowest BCUT2D eigenvalue weighted by molar-refractivity contribution is -0.119. The Labute approximate surface area is 194 Å². The first-order valence-corrected chi connectivity index (χ1v) is 11.2. The minimum atomic E-state index is -0.176. The molecule has 0 radical (unpaired) electrons. The van der Waals surface area contributed by atoms with Gasteiger partial charge >= 0.3 is 0 Å². The fraction of sp³-hybridized carbons (Fsp3) is 0.0385. The van der Waals surface area contributed by atoms with Crippen LogP contribution in [0.4, 0.5) is 0 Å². The van der Waals surface area contributed by atoms with Crippen LogP contribution in [0.3, 0.4) is 0 Å². The zero-order valence-electron chi connectivity index (χ0n) is 17.5. The Balaban J connectivity index is 1.45. The smallest absolute Gasteiger partial charge is 0.229 e. The van der Waals surface area contributed by atoms with Crippen LogP contribution in [0.2, 0.25) is 0 Å². The van der Waals surface area contributed by atoms with Crippen molar-refractivity contribution in [3.05, 3.63) is 107 Å². The SMILES string of the molecule is O=C(Cc1ccc(O)cc1)NC1=C(c2cc3ccccc3s2)NC(c2ccc(O)cc2)=CN1. The van der Waals surface area contributed by atoms with E-state index in [1.54, 1.807) is 53.9 Å². The summed E-state index contributed by atoms with van der Waals surface area (Å²) in [6.45, 7) is 0. The molecule has 1 aliphatic heterocycles. The van der Waals surface area contributed by atoms with Crippen LogP contribution in [0.15, 0.2) is 90.9 Å². The lowest BCUT2D eigenvalue weighted by atomic mass is 10.1. The van der Waals surface area contributed by atoms with Crippen LogP contribution < -0.4 is 16.0 Å². The minimum Gasteiger partial charge on any atom is -0.508 e. The molecule has 0 bridgehead atoms. The number of phenols is 2. The normalized spacial score (nSPS) is 13.3. The molecule has 5 rings (SSSR count). The van der Waals surface area contributed by atoms with Gasteiger partial charge in [0, 0.05) is 10.9 Å². The van der Waals surface area contributed by atoms with Gasteiger partial charge < -0.3 is 26.2 Å². The maximum atomic E-state index is 12.8. The van der Waals surface area contributed by atoms with E-state index in [0.29, 0.717) is 5.82 Å². The molecule has 6 nitrogen and oxygen atoms in total. The second-order valence-electron chi connectivity index (χ2n) is 7.66. The largest absolute Gasteiger partial charge is 0.508 e. The molecule has 1 aromatic heterocycles. The van der Waals surface area contributed by atoms with Crippen LogP contribution in [0.5, 0.6) is 11.5 Å². The summed E-state index contributed by atoms with van der Waals surface area (Å²) in [5.41, 5.74) is 3.28. The third-order valence-corrected chi connectivity index (χ3v) is 6.42. The van der Waals surface area contributed by atoms with Gasteiger partial charge in [0.05, 0.1) is 22.7 Å². The van der Waals surface area contributed by atoms with Gasteiger partial charge in [-0.1, -0.05) is 30.3 Å². The van der Waals surface area contributed by atoms with Crippen molar-refractivity contribution in [3.63, 3.8) is 0 Å². The van der Waals surface area contributed by atoms with E-state index >= 15 is 0 Å². The molecule has 2 heterocycles. The second-order valence-corrected chi connectivity index (χ2v) is 8.75. The number of hydrogen-bond acceptors (Lipinski definition) is 6. The van der Waals surface area contributed by atoms with Crippen LogP contribution in [0.25, 0.3) is 21.5 Å². The Morgan fingerprint density at radius 2 is 1.61 bits per heavy atom. The highest BCUT2D eigenvalue weighted by Gasteiger charge is 2.20. The number of benzene rings is 3. The molecular weight excluding hydrogens is 434 g/mol. The molecule has 0 aliphatic carbocycles. The fourth-order valence-electron chi connectivity index (χ4n) is 3.62. The molecule has 164 valence electrons. The Morgan fingerprint density at radius 1 is 0.909 bits per heavy atom. The summed E-state index contributed by atoms with van der Waals surface area (Å²) in [5, 5.41) is 29.9. The Kier molecular flexibility index (Phi) is 5.46. The van der Waals surface area contributed by atoms with Crippen molar-refractivity contribution < 1.29 is 15.0 Å². The number of thiophene rings is 1. The number of aromatic hydroxyl groups is 2. The summed E-state index contributed by atoms with van der Waals surface area (Å²) in [5.74, 6) is 0.752. The van der Waals surface area contributed by atoms with E-state index < -0.39 is 0 Å². The predicted octanol–water partition coefficient (Wildman–Crippen LogP) is 4.49. The molecule has 0 fully saturated rings. The third kappa shape index (κ3) is 4.53. The zero-order valence-corrected chi connectivity index (χ0v) is 18.3. The first-order valence-electron chi connectivity index (χ1n) is 10.4. The average molecular weight is 456 g/mol. The molecule has 3 aromatic carbocycles. The number of rotatable bonds is 5. The van der Waals surface area contributed by atoms with Gasteiger partial charge in [0.25, 0.3) is 0 Å². The lowest BCUT2D eigenvalue weighted by Gasteiger charge is -2.24. The molecule has 0 saturated carbocycles. The van der Waals surface area contributed by atoms with E-state index in [9.17, 15) is 15.0 Å². The molecular formula is C26H21N3O3S. The second kappa shape index (κ2) is 8.72. The Bertz CT molecular complexity index is 1350. The van der Waals surface area contributed by atoms with E-state index in [1.165, 1.54) is 0 Å². The molecule has 1 aliphatic rings. The van der Waals surface area contributed by atoms with Gasteiger partial charge in [0.1, 0.15) is 17.3 Å². The Morgan fingerprint density at radius 3 is 2.33 bits per heavy atom. The molecule has 1 amide bonds.